The van der Waals surface area contributed by atoms with Gasteiger partial charge in [0.15, 0.2) is 5.82 Å². The summed E-state index contributed by atoms with van der Waals surface area (Å²) in [6, 6.07) is 7.67. The van der Waals surface area contributed by atoms with Gasteiger partial charge in [-0.2, -0.15) is 5.10 Å². The van der Waals surface area contributed by atoms with Crippen molar-refractivity contribution in [2.45, 2.75) is 64.0 Å². The zero-order valence-corrected chi connectivity index (χ0v) is 17.8. The van der Waals surface area contributed by atoms with Gasteiger partial charge in [0.2, 0.25) is 10.0 Å². The highest BCUT2D eigenvalue weighted by Crippen LogP contribution is 2.30. The number of fused-ring (bicyclic) bond motifs is 1. The fourth-order valence-corrected chi connectivity index (χ4v) is 5.47. The van der Waals surface area contributed by atoms with E-state index < -0.39 is 10.0 Å². The third-order valence-corrected chi connectivity index (χ3v) is 7.63. The molecule has 2 heterocycles. The second-order valence-corrected chi connectivity index (χ2v) is 10.3. The van der Waals surface area contributed by atoms with Crippen LogP contribution in [0.15, 0.2) is 29.1 Å². The van der Waals surface area contributed by atoms with Gasteiger partial charge in [0.05, 0.1) is 17.2 Å². The molecule has 0 spiro atoms. The van der Waals surface area contributed by atoms with Gasteiger partial charge >= 0.3 is 0 Å². The maximum atomic E-state index is 13.1. The number of nitrogens with one attached hydrogen (secondary N) is 1. The van der Waals surface area contributed by atoms with Crippen LogP contribution in [-0.4, -0.2) is 43.1 Å². The van der Waals surface area contributed by atoms with Gasteiger partial charge in [0.1, 0.15) is 0 Å². The van der Waals surface area contributed by atoms with Crippen molar-refractivity contribution in [1.82, 2.24) is 14.5 Å². The first kappa shape index (κ1) is 20.3. The zero-order valence-electron chi connectivity index (χ0n) is 17.0. The molecule has 2 aliphatic rings. The fraction of sp³-hybridized carbons (Fsp3) is 0.619. The largest absolute Gasteiger partial charge is 0.353 e. The minimum atomic E-state index is -3.25. The SMILES string of the molecule is CCS(=O)(=O)N[C@H]1CCCN(c2nn(C3CCCCC3)c(=O)c3ccccc23)C1. The van der Waals surface area contributed by atoms with E-state index in [2.05, 4.69) is 9.62 Å². The number of rotatable bonds is 5. The Bertz CT molecular complexity index is 1030. The lowest BCUT2D eigenvalue weighted by Gasteiger charge is -2.35. The van der Waals surface area contributed by atoms with Crippen molar-refractivity contribution in [2.75, 3.05) is 23.7 Å². The Morgan fingerprint density at radius 3 is 2.52 bits per heavy atom. The van der Waals surface area contributed by atoms with Gasteiger partial charge in [-0.05, 0) is 38.7 Å². The van der Waals surface area contributed by atoms with E-state index in [9.17, 15) is 13.2 Å². The van der Waals surface area contributed by atoms with E-state index in [1.54, 1.807) is 11.6 Å². The number of piperidine rings is 1. The number of hydrogen-bond acceptors (Lipinski definition) is 5. The van der Waals surface area contributed by atoms with Crippen LogP contribution in [0.4, 0.5) is 5.82 Å². The average molecular weight is 419 g/mol. The van der Waals surface area contributed by atoms with Gasteiger partial charge in [-0.1, -0.05) is 37.5 Å². The van der Waals surface area contributed by atoms with E-state index in [1.807, 2.05) is 24.3 Å². The highest BCUT2D eigenvalue weighted by atomic mass is 32.2. The van der Waals surface area contributed by atoms with Gasteiger partial charge in [-0.15, -0.1) is 0 Å². The van der Waals surface area contributed by atoms with E-state index in [4.69, 9.17) is 5.10 Å². The Kier molecular flexibility index (Phi) is 5.92. The van der Waals surface area contributed by atoms with Crippen molar-refractivity contribution in [2.24, 2.45) is 0 Å². The van der Waals surface area contributed by atoms with E-state index in [-0.39, 0.29) is 23.4 Å². The molecule has 1 saturated carbocycles. The summed E-state index contributed by atoms with van der Waals surface area (Å²) in [6.07, 6.45) is 7.16. The summed E-state index contributed by atoms with van der Waals surface area (Å²) in [6.45, 7) is 3.03. The molecule has 4 rings (SSSR count). The summed E-state index contributed by atoms with van der Waals surface area (Å²) < 4.78 is 28.6. The molecule has 1 atom stereocenters. The van der Waals surface area contributed by atoms with Crippen molar-refractivity contribution in [1.29, 1.82) is 0 Å². The Labute approximate surface area is 172 Å². The highest BCUT2D eigenvalue weighted by molar-refractivity contribution is 7.89. The number of anilines is 1. The van der Waals surface area contributed by atoms with Crippen molar-refractivity contribution >= 4 is 26.6 Å². The molecule has 1 aromatic heterocycles. The predicted octanol–water partition coefficient (Wildman–Crippen LogP) is 2.81. The first-order valence-electron chi connectivity index (χ1n) is 10.7. The lowest BCUT2D eigenvalue weighted by molar-refractivity contribution is 0.319. The van der Waals surface area contributed by atoms with Gasteiger partial charge in [-0.25, -0.2) is 17.8 Å². The fourth-order valence-electron chi connectivity index (χ4n) is 4.60. The third kappa shape index (κ3) is 4.33. The molecule has 29 heavy (non-hydrogen) atoms. The summed E-state index contributed by atoms with van der Waals surface area (Å²) >= 11 is 0. The Balaban J connectivity index is 1.72. The second kappa shape index (κ2) is 8.44. The lowest BCUT2D eigenvalue weighted by atomic mass is 9.95. The minimum absolute atomic E-state index is 0.0171. The summed E-state index contributed by atoms with van der Waals surface area (Å²) in [5, 5.41) is 6.40. The van der Waals surface area contributed by atoms with E-state index in [1.165, 1.54) is 6.42 Å². The first-order valence-corrected chi connectivity index (χ1v) is 12.4. The van der Waals surface area contributed by atoms with Gasteiger partial charge in [0.25, 0.3) is 5.56 Å². The number of nitrogens with zero attached hydrogens (tertiary/aromatic N) is 3. The van der Waals surface area contributed by atoms with E-state index in [0.29, 0.717) is 11.9 Å². The second-order valence-electron chi connectivity index (χ2n) is 8.22. The van der Waals surface area contributed by atoms with E-state index in [0.717, 1.165) is 56.3 Å². The van der Waals surface area contributed by atoms with Crippen LogP contribution in [-0.2, 0) is 10.0 Å². The normalized spacial score (nSPS) is 21.6. The van der Waals surface area contributed by atoms with Crippen molar-refractivity contribution in [3.8, 4) is 0 Å². The molecular formula is C21H30N4O3S. The van der Waals surface area contributed by atoms with Gasteiger partial charge in [0, 0.05) is 24.5 Å². The summed E-state index contributed by atoms with van der Waals surface area (Å²) in [7, 11) is -3.25. The molecule has 0 bridgehead atoms. The lowest BCUT2D eigenvalue weighted by Crippen LogP contribution is -2.48. The summed E-state index contributed by atoms with van der Waals surface area (Å²) in [5.41, 5.74) is -0.0171. The summed E-state index contributed by atoms with van der Waals surface area (Å²) in [4.78, 5) is 15.3. The van der Waals surface area contributed by atoms with E-state index >= 15 is 0 Å². The van der Waals surface area contributed by atoms with Crippen molar-refractivity contribution in [3.63, 3.8) is 0 Å². The quantitative estimate of drug-likeness (QED) is 0.807. The van der Waals surface area contributed by atoms with Crippen LogP contribution < -0.4 is 15.2 Å². The molecule has 1 aliphatic heterocycles. The van der Waals surface area contributed by atoms with Crippen LogP contribution in [0.3, 0.4) is 0 Å². The van der Waals surface area contributed by atoms with Gasteiger partial charge < -0.3 is 4.90 Å². The first-order chi connectivity index (χ1) is 14.0. The monoisotopic (exact) mass is 418 g/mol. The van der Waals surface area contributed by atoms with Gasteiger partial charge in [-0.3, -0.25) is 4.79 Å². The summed E-state index contributed by atoms with van der Waals surface area (Å²) in [5.74, 6) is 0.878. The number of aromatic nitrogens is 2. The molecule has 158 valence electrons. The Hall–Kier alpha value is -1.93. The van der Waals surface area contributed by atoms with Crippen LogP contribution in [0.5, 0.6) is 0 Å². The maximum Gasteiger partial charge on any atom is 0.275 e. The molecule has 7 nitrogen and oxygen atoms in total. The maximum absolute atomic E-state index is 13.1. The number of sulfonamides is 1. The Morgan fingerprint density at radius 1 is 1.07 bits per heavy atom. The topological polar surface area (TPSA) is 84.3 Å². The van der Waals surface area contributed by atoms with Crippen LogP contribution in [0.2, 0.25) is 0 Å². The molecule has 1 N–H and O–H groups in total. The smallest absolute Gasteiger partial charge is 0.275 e. The third-order valence-electron chi connectivity index (χ3n) is 6.18. The average Bonchev–Trinajstić information content (AvgIpc) is 2.75. The number of benzene rings is 1. The molecule has 2 aromatic rings. The molecule has 1 saturated heterocycles. The van der Waals surface area contributed by atoms with Crippen LogP contribution >= 0.6 is 0 Å². The zero-order chi connectivity index (χ0) is 20.4. The molecule has 0 radical (unpaired) electrons. The molecule has 2 fully saturated rings. The molecular weight excluding hydrogens is 388 g/mol. The van der Waals surface area contributed by atoms with Crippen molar-refractivity contribution in [3.05, 3.63) is 34.6 Å². The Morgan fingerprint density at radius 2 is 1.79 bits per heavy atom. The molecule has 0 unspecified atom stereocenters. The van der Waals surface area contributed by atoms with Crippen LogP contribution in [0, 0.1) is 0 Å². The molecule has 1 aliphatic carbocycles. The van der Waals surface area contributed by atoms with Crippen LogP contribution in [0.1, 0.15) is 57.9 Å². The predicted molar refractivity (Wildman–Crippen MR) is 116 cm³/mol. The minimum Gasteiger partial charge on any atom is -0.353 e. The van der Waals surface area contributed by atoms with Crippen LogP contribution in [0.25, 0.3) is 10.8 Å². The number of hydrogen-bond donors (Lipinski definition) is 1. The molecule has 8 heteroatoms. The van der Waals surface area contributed by atoms with Crippen molar-refractivity contribution < 1.29 is 8.42 Å². The highest BCUT2D eigenvalue weighted by Gasteiger charge is 2.27. The molecule has 1 aromatic carbocycles. The molecule has 0 amide bonds. The standard InChI is InChI=1S/C21H30N4O3S/c1-2-29(27,28)23-16-9-8-14-24(15-16)20-18-12-6-7-13-19(18)21(26)25(22-20)17-10-4-3-5-11-17/h6-7,12-13,16-17,23H,2-5,8-11,14-15H2,1H3/t16-/m0/s1.